The van der Waals surface area contributed by atoms with Gasteiger partial charge in [-0.2, -0.15) is 0 Å². The molecule has 0 radical (unpaired) electrons. The van der Waals surface area contributed by atoms with Gasteiger partial charge in [0.1, 0.15) is 11.5 Å². The van der Waals surface area contributed by atoms with E-state index in [0.717, 1.165) is 5.69 Å². The van der Waals surface area contributed by atoms with Crippen LogP contribution in [0.1, 0.15) is 0 Å². The lowest BCUT2D eigenvalue weighted by Crippen LogP contribution is -2.40. The molecule has 0 aliphatic carbocycles. The van der Waals surface area contributed by atoms with Gasteiger partial charge in [-0.3, -0.25) is 0 Å². The van der Waals surface area contributed by atoms with Crippen LogP contribution in [0.15, 0.2) is 12.1 Å². The van der Waals surface area contributed by atoms with Crippen molar-refractivity contribution in [1.82, 2.24) is 0 Å². The molecule has 1 aromatic carbocycles. The molecule has 1 aromatic rings. The zero-order valence-electron chi connectivity index (χ0n) is 9.25. The van der Waals surface area contributed by atoms with E-state index in [2.05, 4.69) is 5.32 Å². The highest BCUT2D eigenvalue weighted by Gasteiger charge is 2.20. The first-order valence-corrected chi connectivity index (χ1v) is 5.38. The maximum atomic E-state index is 6.05. The van der Waals surface area contributed by atoms with Gasteiger partial charge in [0.15, 0.2) is 0 Å². The second kappa shape index (κ2) is 4.80. The summed E-state index contributed by atoms with van der Waals surface area (Å²) < 4.78 is 15.5. The van der Waals surface area contributed by atoms with Crippen LogP contribution >= 0.6 is 11.6 Å². The Hall–Kier alpha value is -1.13. The molecule has 1 saturated heterocycles. The van der Waals surface area contributed by atoms with Crippen LogP contribution in [0.5, 0.6) is 11.5 Å². The van der Waals surface area contributed by atoms with E-state index in [-0.39, 0.29) is 0 Å². The van der Waals surface area contributed by atoms with Crippen molar-refractivity contribution in [3.05, 3.63) is 17.2 Å². The number of rotatable bonds is 4. The van der Waals surface area contributed by atoms with Gasteiger partial charge in [0.25, 0.3) is 0 Å². The lowest BCUT2D eigenvalue weighted by molar-refractivity contribution is 0.0210. The topological polar surface area (TPSA) is 39.7 Å². The summed E-state index contributed by atoms with van der Waals surface area (Å²) in [5.74, 6) is 1.32. The van der Waals surface area contributed by atoms with Crippen molar-refractivity contribution in [3.8, 4) is 11.5 Å². The molecule has 0 amide bonds. The summed E-state index contributed by atoms with van der Waals surface area (Å²) >= 11 is 6.05. The van der Waals surface area contributed by atoms with Crippen LogP contribution in [0.2, 0.25) is 5.02 Å². The number of nitrogens with one attached hydrogen (secondary N) is 1. The molecule has 1 aliphatic heterocycles. The zero-order chi connectivity index (χ0) is 11.5. The first-order chi connectivity index (χ1) is 7.74. The van der Waals surface area contributed by atoms with Gasteiger partial charge in [-0.25, -0.2) is 0 Å². The van der Waals surface area contributed by atoms with Gasteiger partial charge in [0.05, 0.1) is 44.2 Å². The number of halogens is 1. The van der Waals surface area contributed by atoms with Crippen molar-refractivity contribution in [2.75, 3.05) is 32.8 Å². The van der Waals surface area contributed by atoms with Gasteiger partial charge in [-0.05, 0) is 6.07 Å². The number of hydrogen-bond acceptors (Lipinski definition) is 4. The maximum absolute atomic E-state index is 6.05. The van der Waals surface area contributed by atoms with Crippen LogP contribution in [0.4, 0.5) is 5.69 Å². The summed E-state index contributed by atoms with van der Waals surface area (Å²) in [5, 5.41) is 3.86. The maximum Gasteiger partial charge on any atom is 0.145 e. The Morgan fingerprint density at radius 3 is 2.44 bits per heavy atom. The van der Waals surface area contributed by atoms with Gasteiger partial charge < -0.3 is 19.5 Å². The van der Waals surface area contributed by atoms with Crippen LogP contribution in [0.3, 0.4) is 0 Å². The summed E-state index contributed by atoms with van der Waals surface area (Å²) in [7, 11) is 3.19. The Bertz CT molecular complexity index is 380. The molecule has 0 aromatic heterocycles. The Morgan fingerprint density at radius 2 is 1.94 bits per heavy atom. The fourth-order valence-electron chi connectivity index (χ4n) is 1.51. The molecule has 4 nitrogen and oxygen atoms in total. The van der Waals surface area contributed by atoms with E-state index in [0.29, 0.717) is 35.8 Å². The largest absolute Gasteiger partial charge is 0.495 e. The van der Waals surface area contributed by atoms with Crippen molar-refractivity contribution < 1.29 is 14.2 Å². The molecule has 88 valence electrons. The van der Waals surface area contributed by atoms with Crippen molar-refractivity contribution in [2.24, 2.45) is 0 Å². The minimum atomic E-state index is 0.332. The highest BCUT2D eigenvalue weighted by atomic mass is 35.5. The minimum absolute atomic E-state index is 0.332. The second-order valence-corrected chi connectivity index (χ2v) is 3.97. The molecule has 0 bridgehead atoms. The normalized spacial score (nSPS) is 15.4. The van der Waals surface area contributed by atoms with Gasteiger partial charge >= 0.3 is 0 Å². The minimum Gasteiger partial charge on any atom is -0.495 e. The summed E-state index contributed by atoms with van der Waals surface area (Å²) in [4.78, 5) is 0. The monoisotopic (exact) mass is 243 g/mol. The van der Waals surface area contributed by atoms with Crippen molar-refractivity contribution >= 4 is 17.3 Å². The van der Waals surface area contributed by atoms with E-state index in [1.807, 2.05) is 0 Å². The smallest absolute Gasteiger partial charge is 0.145 e. The molecule has 0 unspecified atom stereocenters. The molecule has 1 heterocycles. The summed E-state index contributed by atoms with van der Waals surface area (Å²) in [6.07, 6.45) is 0. The molecule has 2 rings (SSSR count). The average Bonchev–Trinajstić information content (AvgIpc) is 2.23. The molecular weight excluding hydrogens is 230 g/mol. The van der Waals surface area contributed by atoms with Crippen molar-refractivity contribution in [2.45, 2.75) is 6.04 Å². The third-order valence-electron chi connectivity index (χ3n) is 2.47. The Labute approximate surface area is 99.4 Å². The lowest BCUT2D eigenvalue weighted by atomic mass is 10.2. The van der Waals surface area contributed by atoms with Crippen LogP contribution < -0.4 is 14.8 Å². The first-order valence-electron chi connectivity index (χ1n) is 5.00. The Balaban J connectivity index is 2.24. The Morgan fingerprint density at radius 1 is 1.25 bits per heavy atom. The van der Waals surface area contributed by atoms with Gasteiger partial charge in [-0.15, -0.1) is 0 Å². The van der Waals surface area contributed by atoms with Crippen molar-refractivity contribution in [3.63, 3.8) is 0 Å². The molecule has 16 heavy (non-hydrogen) atoms. The van der Waals surface area contributed by atoms with Crippen LogP contribution in [0.25, 0.3) is 0 Å². The van der Waals surface area contributed by atoms with Gasteiger partial charge in [0, 0.05) is 6.07 Å². The van der Waals surface area contributed by atoms with E-state index >= 15 is 0 Å². The number of benzene rings is 1. The quantitative estimate of drug-likeness (QED) is 0.880. The SMILES string of the molecule is COc1cc(OC)c(NC2COC2)cc1Cl. The predicted molar refractivity (Wildman–Crippen MR) is 62.8 cm³/mol. The average molecular weight is 244 g/mol. The van der Waals surface area contributed by atoms with E-state index in [9.17, 15) is 0 Å². The number of ether oxygens (including phenoxy) is 3. The molecule has 5 heteroatoms. The van der Waals surface area contributed by atoms with E-state index in [4.69, 9.17) is 25.8 Å². The zero-order valence-corrected chi connectivity index (χ0v) is 10.0. The van der Waals surface area contributed by atoms with E-state index in [1.165, 1.54) is 0 Å². The Kier molecular flexibility index (Phi) is 3.41. The number of methoxy groups -OCH3 is 2. The van der Waals surface area contributed by atoms with E-state index in [1.54, 1.807) is 26.4 Å². The molecule has 0 spiro atoms. The number of hydrogen-bond donors (Lipinski definition) is 1. The third kappa shape index (κ3) is 2.18. The van der Waals surface area contributed by atoms with Crippen LogP contribution in [-0.2, 0) is 4.74 Å². The molecule has 0 atom stereocenters. The fraction of sp³-hybridized carbons (Fsp3) is 0.455. The first kappa shape index (κ1) is 11.4. The molecule has 1 aliphatic rings. The highest BCUT2D eigenvalue weighted by molar-refractivity contribution is 6.32. The van der Waals surface area contributed by atoms with Crippen LogP contribution in [0, 0.1) is 0 Å². The summed E-state index contributed by atoms with van der Waals surface area (Å²) in [6, 6.07) is 3.90. The predicted octanol–water partition coefficient (Wildman–Crippen LogP) is 2.17. The number of anilines is 1. The highest BCUT2D eigenvalue weighted by Crippen LogP contribution is 2.36. The fourth-order valence-corrected chi connectivity index (χ4v) is 1.75. The molecule has 1 fully saturated rings. The summed E-state index contributed by atoms with van der Waals surface area (Å²) in [5.41, 5.74) is 0.863. The third-order valence-corrected chi connectivity index (χ3v) is 2.77. The van der Waals surface area contributed by atoms with Crippen molar-refractivity contribution in [1.29, 1.82) is 0 Å². The molecular formula is C11H14ClNO3. The summed E-state index contributed by atoms with van der Waals surface area (Å²) in [6.45, 7) is 1.43. The van der Waals surface area contributed by atoms with Crippen LogP contribution in [-0.4, -0.2) is 33.5 Å². The molecule has 0 saturated carbocycles. The van der Waals surface area contributed by atoms with E-state index < -0.39 is 0 Å². The molecule has 1 N–H and O–H groups in total. The second-order valence-electron chi connectivity index (χ2n) is 3.57. The van der Waals surface area contributed by atoms with Gasteiger partial charge in [0.2, 0.25) is 0 Å². The van der Waals surface area contributed by atoms with Gasteiger partial charge in [-0.1, -0.05) is 11.6 Å². The standard InChI is InChI=1S/C11H14ClNO3/c1-14-10-4-11(15-2)9(3-8(10)12)13-7-5-16-6-7/h3-4,7,13H,5-6H2,1-2H3. The lowest BCUT2D eigenvalue weighted by Gasteiger charge is -2.28.